The van der Waals surface area contributed by atoms with Crippen molar-refractivity contribution in [2.45, 2.75) is 50.9 Å². The van der Waals surface area contributed by atoms with Crippen LogP contribution in [0.4, 0.5) is 0 Å². The second kappa shape index (κ2) is 7.43. The Labute approximate surface area is 111 Å². The number of nitrogens with zero attached hydrogens (tertiary/aromatic N) is 1. The molecular weight excluding hydrogens is 228 g/mol. The lowest BCUT2D eigenvalue weighted by Gasteiger charge is -2.37. The van der Waals surface area contributed by atoms with E-state index in [0.29, 0.717) is 18.2 Å². The Hall–Kier alpha value is -0.160. The maximum Gasteiger partial charge on any atom is 0.0826 e. The number of hydrogen-bond acceptors (Lipinski definition) is 4. The zero-order valence-electron chi connectivity index (χ0n) is 11.9. The van der Waals surface area contributed by atoms with Crippen molar-refractivity contribution in [3.8, 4) is 0 Å². The van der Waals surface area contributed by atoms with Gasteiger partial charge in [0.1, 0.15) is 0 Å². The molecule has 2 saturated heterocycles. The molecule has 0 aromatic heterocycles. The Balaban J connectivity index is 1.74. The molecule has 0 amide bonds. The lowest BCUT2D eigenvalue weighted by molar-refractivity contribution is -0.0442. The van der Waals surface area contributed by atoms with Gasteiger partial charge in [-0.25, -0.2) is 0 Å². The molecule has 1 N–H and O–H groups in total. The van der Waals surface area contributed by atoms with E-state index >= 15 is 0 Å². The molecule has 0 saturated carbocycles. The number of rotatable bonds is 5. The Morgan fingerprint density at radius 1 is 1.22 bits per heavy atom. The molecule has 2 aliphatic rings. The minimum Gasteiger partial charge on any atom is -0.378 e. The second-order valence-electron chi connectivity index (χ2n) is 5.60. The Bertz CT molecular complexity index is 230. The van der Waals surface area contributed by atoms with Gasteiger partial charge in [-0.15, -0.1) is 0 Å². The lowest BCUT2D eigenvalue weighted by atomic mass is 9.99. The molecule has 0 aromatic rings. The van der Waals surface area contributed by atoms with E-state index < -0.39 is 0 Å². The fourth-order valence-electron chi connectivity index (χ4n) is 2.99. The highest BCUT2D eigenvalue weighted by Gasteiger charge is 2.26. The first kappa shape index (κ1) is 14.3. The van der Waals surface area contributed by atoms with Crippen LogP contribution in [0.25, 0.3) is 0 Å². The highest BCUT2D eigenvalue weighted by Crippen LogP contribution is 2.21. The van der Waals surface area contributed by atoms with E-state index in [2.05, 4.69) is 24.2 Å². The number of ether oxygens (including phenoxy) is 2. The third kappa shape index (κ3) is 4.19. The van der Waals surface area contributed by atoms with E-state index in [1.807, 2.05) is 0 Å². The van der Waals surface area contributed by atoms with E-state index in [0.717, 1.165) is 39.3 Å². The summed E-state index contributed by atoms with van der Waals surface area (Å²) in [4.78, 5) is 2.48. The van der Waals surface area contributed by atoms with Gasteiger partial charge in [-0.2, -0.15) is 0 Å². The maximum atomic E-state index is 5.82. The highest BCUT2D eigenvalue weighted by atomic mass is 16.5. The SMILES string of the molecule is CCCC1CC(N(C)CC2CNCCO2)CCO1. The van der Waals surface area contributed by atoms with E-state index in [1.54, 1.807) is 0 Å². The molecule has 3 unspecified atom stereocenters. The largest absolute Gasteiger partial charge is 0.378 e. The van der Waals surface area contributed by atoms with Crippen molar-refractivity contribution in [1.29, 1.82) is 0 Å². The fraction of sp³-hybridized carbons (Fsp3) is 1.00. The first-order valence-corrected chi connectivity index (χ1v) is 7.43. The van der Waals surface area contributed by atoms with Gasteiger partial charge in [0.05, 0.1) is 18.8 Å². The predicted molar refractivity (Wildman–Crippen MR) is 72.9 cm³/mol. The van der Waals surface area contributed by atoms with Crippen LogP contribution in [0.15, 0.2) is 0 Å². The predicted octanol–water partition coefficient (Wildman–Crippen LogP) is 1.25. The van der Waals surface area contributed by atoms with Gasteiger partial charge in [0, 0.05) is 32.3 Å². The fourth-order valence-corrected chi connectivity index (χ4v) is 2.99. The minimum atomic E-state index is 0.358. The molecule has 2 heterocycles. The zero-order chi connectivity index (χ0) is 12.8. The van der Waals surface area contributed by atoms with Crippen LogP contribution >= 0.6 is 0 Å². The zero-order valence-corrected chi connectivity index (χ0v) is 11.9. The Morgan fingerprint density at radius 3 is 2.78 bits per heavy atom. The second-order valence-corrected chi connectivity index (χ2v) is 5.60. The van der Waals surface area contributed by atoms with Crippen LogP contribution in [0, 0.1) is 0 Å². The van der Waals surface area contributed by atoms with Crippen LogP contribution < -0.4 is 5.32 Å². The molecule has 0 aliphatic carbocycles. The van der Waals surface area contributed by atoms with Gasteiger partial charge >= 0.3 is 0 Å². The van der Waals surface area contributed by atoms with Crippen LogP contribution in [0.2, 0.25) is 0 Å². The van der Waals surface area contributed by atoms with Crippen LogP contribution in [-0.4, -0.2) is 63.0 Å². The van der Waals surface area contributed by atoms with Crippen LogP contribution in [-0.2, 0) is 9.47 Å². The van der Waals surface area contributed by atoms with Crippen LogP contribution in [0.1, 0.15) is 32.6 Å². The van der Waals surface area contributed by atoms with Crippen molar-refractivity contribution < 1.29 is 9.47 Å². The summed E-state index contributed by atoms with van der Waals surface area (Å²) in [7, 11) is 2.23. The van der Waals surface area contributed by atoms with Crippen LogP contribution in [0.3, 0.4) is 0 Å². The summed E-state index contributed by atoms with van der Waals surface area (Å²) in [6, 6.07) is 0.667. The molecule has 0 radical (unpaired) electrons. The molecule has 4 nitrogen and oxygen atoms in total. The molecule has 0 aromatic carbocycles. The van der Waals surface area contributed by atoms with Crippen molar-refractivity contribution in [3.05, 3.63) is 0 Å². The summed E-state index contributed by atoms with van der Waals surface area (Å²) < 4.78 is 11.6. The normalized spacial score (nSPS) is 33.8. The average molecular weight is 256 g/mol. The summed E-state index contributed by atoms with van der Waals surface area (Å²) in [5, 5.41) is 3.40. The van der Waals surface area contributed by atoms with Gasteiger partial charge in [-0.1, -0.05) is 13.3 Å². The van der Waals surface area contributed by atoms with Gasteiger partial charge in [0.25, 0.3) is 0 Å². The summed E-state index contributed by atoms with van der Waals surface area (Å²) in [5.41, 5.74) is 0. The molecule has 4 heteroatoms. The lowest BCUT2D eigenvalue weighted by Crippen LogP contribution is -2.48. The minimum absolute atomic E-state index is 0.358. The molecule has 106 valence electrons. The third-order valence-electron chi connectivity index (χ3n) is 4.07. The summed E-state index contributed by atoms with van der Waals surface area (Å²) in [6.45, 7) is 7.03. The van der Waals surface area contributed by atoms with Gasteiger partial charge in [0.2, 0.25) is 0 Å². The van der Waals surface area contributed by atoms with Crippen molar-refractivity contribution >= 4 is 0 Å². The summed E-state index contributed by atoms with van der Waals surface area (Å²) in [5.74, 6) is 0. The summed E-state index contributed by atoms with van der Waals surface area (Å²) >= 11 is 0. The Morgan fingerprint density at radius 2 is 2.06 bits per heavy atom. The first-order valence-electron chi connectivity index (χ1n) is 7.43. The topological polar surface area (TPSA) is 33.7 Å². The quantitative estimate of drug-likeness (QED) is 0.803. The van der Waals surface area contributed by atoms with Crippen molar-refractivity contribution in [3.63, 3.8) is 0 Å². The van der Waals surface area contributed by atoms with Gasteiger partial charge in [-0.3, -0.25) is 0 Å². The highest BCUT2D eigenvalue weighted by molar-refractivity contribution is 4.80. The molecule has 0 spiro atoms. The third-order valence-corrected chi connectivity index (χ3v) is 4.07. The molecular formula is C14H28N2O2. The molecule has 3 atom stereocenters. The number of morpholine rings is 1. The number of likely N-dealkylation sites (N-methyl/N-ethyl adjacent to an activating group) is 1. The van der Waals surface area contributed by atoms with E-state index in [-0.39, 0.29) is 0 Å². The molecule has 0 bridgehead atoms. The number of nitrogens with one attached hydrogen (secondary N) is 1. The molecule has 18 heavy (non-hydrogen) atoms. The van der Waals surface area contributed by atoms with Crippen molar-refractivity contribution in [2.24, 2.45) is 0 Å². The monoisotopic (exact) mass is 256 g/mol. The first-order chi connectivity index (χ1) is 8.79. The van der Waals surface area contributed by atoms with Crippen molar-refractivity contribution in [2.75, 3.05) is 39.9 Å². The average Bonchev–Trinajstić information content (AvgIpc) is 2.40. The number of hydrogen-bond donors (Lipinski definition) is 1. The molecule has 2 fully saturated rings. The smallest absolute Gasteiger partial charge is 0.0826 e. The standard InChI is InChI=1S/C14H28N2O2/c1-3-4-13-9-12(5-7-17-13)16(2)11-14-10-15-6-8-18-14/h12-15H,3-11H2,1-2H3. The Kier molecular flexibility index (Phi) is 5.89. The van der Waals surface area contributed by atoms with Gasteiger partial charge in [-0.05, 0) is 26.3 Å². The van der Waals surface area contributed by atoms with E-state index in [9.17, 15) is 0 Å². The van der Waals surface area contributed by atoms with Crippen molar-refractivity contribution in [1.82, 2.24) is 10.2 Å². The molecule has 2 aliphatic heterocycles. The van der Waals surface area contributed by atoms with Gasteiger partial charge in [0.15, 0.2) is 0 Å². The van der Waals surface area contributed by atoms with E-state index in [1.165, 1.54) is 19.3 Å². The van der Waals surface area contributed by atoms with Crippen LogP contribution in [0.5, 0.6) is 0 Å². The summed E-state index contributed by atoms with van der Waals surface area (Å²) in [6.07, 6.45) is 5.60. The maximum absolute atomic E-state index is 5.82. The van der Waals surface area contributed by atoms with Gasteiger partial charge < -0.3 is 19.7 Å². The van der Waals surface area contributed by atoms with E-state index in [4.69, 9.17) is 9.47 Å². The molecule has 2 rings (SSSR count).